The molecule has 2 atom stereocenters. The monoisotopic (exact) mass is 540 g/mol. The fraction of sp³-hybridized carbons (Fsp3) is 0.148. The number of hydrogen-bond acceptors (Lipinski definition) is 5. The van der Waals surface area contributed by atoms with E-state index in [-0.39, 0.29) is 18.6 Å². The summed E-state index contributed by atoms with van der Waals surface area (Å²) < 4.78 is 27.1. The van der Waals surface area contributed by atoms with Crippen LogP contribution in [0.2, 0.25) is 5.02 Å². The molecule has 1 aliphatic rings. The van der Waals surface area contributed by atoms with Gasteiger partial charge in [0, 0.05) is 23.4 Å². The molecule has 5 rings (SSSR count). The molecule has 9 heteroatoms. The lowest BCUT2D eigenvalue weighted by Crippen LogP contribution is -2.58. The third-order valence-corrected chi connectivity index (χ3v) is 8.46. The largest absolute Gasteiger partial charge is 0.339 e. The molecule has 1 N–H and O–H groups in total. The smallest absolute Gasteiger partial charge is 0.242 e. The number of rotatable bonds is 6. The Morgan fingerprint density at radius 3 is 2.61 bits per heavy atom. The Bertz CT molecular complexity index is 1430. The van der Waals surface area contributed by atoms with Crippen molar-refractivity contribution in [3.8, 4) is 0 Å². The molecule has 1 amide bonds. The summed E-state index contributed by atoms with van der Waals surface area (Å²) in [5.74, 6) is -2.49. The molecule has 1 saturated heterocycles. The number of carbonyl (C=O) groups is 2. The number of ketones is 1. The topological polar surface area (TPSA) is 59.1 Å². The Morgan fingerprint density at radius 2 is 1.89 bits per heavy atom. The standard InChI is InChI=1S/C27H19ClF2N2O2S2/c28-19-5-1-2-6-23(19)36-25-22(33)14-27(32-26(25)34,17-10-11-35-15-17)24-7-3-4-18(31-24)12-16-8-9-20(29)21(30)13-16/h1-11,13,15,25H,12,14H2,(H,32,34). The number of nitrogens with zero attached hydrogens (tertiary/aromatic N) is 1. The van der Waals surface area contributed by atoms with Gasteiger partial charge in [0.15, 0.2) is 17.4 Å². The Hall–Kier alpha value is -3.07. The van der Waals surface area contributed by atoms with Crippen LogP contribution in [0.3, 0.4) is 0 Å². The van der Waals surface area contributed by atoms with Gasteiger partial charge in [0.1, 0.15) is 10.8 Å². The van der Waals surface area contributed by atoms with Crippen LogP contribution < -0.4 is 5.32 Å². The van der Waals surface area contributed by atoms with Crippen molar-refractivity contribution in [2.24, 2.45) is 0 Å². The highest BCUT2D eigenvalue weighted by atomic mass is 35.5. The maximum absolute atomic E-state index is 13.7. The second kappa shape index (κ2) is 10.1. The Balaban J connectivity index is 1.48. The number of amides is 1. The molecule has 1 fully saturated rings. The number of hydrogen-bond donors (Lipinski definition) is 1. The molecule has 0 radical (unpaired) electrons. The van der Waals surface area contributed by atoms with Crippen molar-refractivity contribution in [3.05, 3.63) is 117 Å². The van der Waals surface area contributed by atoms with E-state index in [0.717, 1.165) is 29.5 Å². The van der Waals surface area contributed by atoms with E-state index in [1.54, 1.807) is 42.5 Å². The molecule has 0 aliphatic carbocycles. The van der Waals surface area contributed by atoms with Crippen molar-refractivity contribution in [1.29, 1.82) is 0 Å². The number of Topliss-reactive ketones (excluding diaryl/α,β-unsaturated/α-hetero) is 1. The van der Waals surface area contributed by atoms with Crippen LogP contribution in [0.25, 0.3) is 0 Å². The summed E-state index contributed by atoms with van der Waals surface area (Å²) in [5, 5.41) is 6.39. The Kier molecular flexibility index (Phi) is 6.92. The van der Waals surface area contributed by atoms with Crippen LogP contribution in [0.1, 0.15) is 28.9 Å². The van der Waals surface area contributed by atoms with Gasteiger partial charge < -0.3 is 5.32 Å². The average molecular weight is 541 g/mol. The van der Waals surface area contributed by atoms with Gasteiger partial charge >= 0.3 is 0 Å². The van der Waals surface area contributed by atoms with Gasteiger partial charge in [0.05, 0.1) is 10.7 Å². The normalized spacial score (nSPS) is 19.8. The van der Waals surface area contributed by atoms with Crippen molar-refractivity contribution < 1.29 is 18.4 Å². The molecule has 2 aromatic heterocycles. The SMILES string of the molecule is O=C1CC(c2ccsc2)(c2cccc(Cc3ccc(F)c(F)c3)n2)NC(=O)C1Sc1ccccc1Cl. The number of carbonyl (C=O) groups excluding carboxylic acids is 2. The molecule has 3 heterocycles. The minimum Gasteiger partial charge on any atom is -0.339 e. The van der Waals surface area contributed by atoms with Gasteiger partial charge in [0.2, 0.25) is 5.91 Å². The van der Waals surface area contributed by atoms with Crippen LogP contribution in [-0.4, -0.2) is 21.9 Å². The lowest BCUT2D eigenvalue weighted by molar-refractivity contribution is -0.133. The molecule has 4 aromatic rings. The van der Waals surface area contributed by atoms with E-state index in [4.69, 9.17) is 16.6 Å². The highest BCUT2D eigenvalue weighted by Crippen LogP contribution is 2.41. The zero-order chi connectivity index (χ0) is 25.3. The fourth-order valence-electron chi connectivity index (χ4n) is 4.27. The average Bonchev–Trinajstić information content (AvgIpc) is 3.41. The van der Waals surface area contributed by atoms with E-state index in [9.17, 15) is 18.4 Å². The first-order valence-electron chi connectivity index (χ1n) is 11.0. The minimum atomic E-state index is -1.14. The lowest BCUT2D eigenvalue weighted by Gasteiger charge is -2.39. The maximum Gasteiger partial charge on any atom is 0.242 e. The summed E-state index contributed by atoms with van der Waals surface area (Å²) in [6.45, 7) is 0. The van der Waals surface area contributed by atoms with Crippen LogP contribution in [0.4, 0.5) is 8.78 Å². The van der Waals surface area contributed by atoms with Crippen molar-refractivity contribution in [2.75, 3.05) is 0 Å². The van der Waals surface area contributed by atoms with Gasteiger partial charge in [-0.1, -0.05) is 35.9 Å². The van der Waals surface area contributed by atoms with Crippen LogP contribution in [-0.2, 0) is 21.5 Å². The molecule has 2 aromatic carbocycles. The second-order valence-electron chi connectivity index (χ2n) is 8.42. The number of benzene rings is 2. The van der Waals surface area contributed by atoms with E-state index in [1.165, 1.54) is 17.4 Å². The molecule has 36 heavy (non-hydrogen) atoms. The summed E-state index contributed by atoms with van der Waals surface area (Å²) >= 11 is 8.84. The van der Waals surface area contributed by atoms with Gasteiger partial charge in [0.25, 0.3) is 0 Å². The Labute approximate surface area is 219 Å². The second-order valence-corrected chi connectivity index (χ2v) is 10.8. The van der Waals surface area contributed by atoms with Gasteiger partial charge in [-0.2, -0.15) is 11.3 Å². The molecule has 2 unspecified atom stereocenters. The summed E-state index contributed by atoms with van der Waals surface area (Å²) in [6, 6.07) is 18.0. The molecule has 0 bridgehead atoms. The van der Waals surface area contributed by atoms with E-state index < -0.39 is 28.3 Å². The lowest BCUT2D eigenvalue weighted by atomic mass is 9.79. The first-order chi connectivity index (χ1) is 17.4. The summed E-state index contributed by atoms with van der Waals surface area (Å²) in [4.78, 5) is 32.2. The maximum atomic E-state index is 13.7. The molecular formula is C27H19ClF2N2O2S2. The molecule has 4 nitrogen and oxygen atoms in total. The number of pyridine rings is 1. The van der Waals surface area contributed by atoms with Crippen LogP contribution >= 0.6 is 34.7 Å². The molecule has 0 saturated carbocycles. The highest BCUT2D eigenvalue weighted by Gasteiger charge is 2.48. The molecule has 182 valence electrons. The van der Waals surface area contributed by atoms with Gasteiger partial charge in [-0.05, 0) is 64.4 Å². The van der Waals surface area contributed by atoms with Gasteiger partial charge in [-0.15, -0.1) is 11.8 Å². The highest BCUT2D eigenvalue weighted by molar-refractivity contribution is 8.01. The van der Waals surface area contributed by atoms with Crippen LogP contribution in [0, 0.1) is 11.6 Å². The van der Waals surface area contributed by atoms with Crippen LogP contribution in [0.5, 0.6) is 0 Å². The number of aromatic nitrogens is 1. The van der Waals surface area contributed by atoms with E-state index in [0.29, 0.717) is 26.9 Å². The number of thioether (sulfide) groups is 1. The number of nitrogens with one attached hydrogen (secondary N) is 1. The predicted octanol–water partition coefficient (Wildman–Crippen LogP) is 6.16. The number of thiophene rings is 1. The van der Waals surface area contributed by atoms with Crippen molar-refractivity contribution in [3.63, 3.8) is 0 Å². The van der Waals surface area contributed by atoms with Gasteiger partial charge in [-0.3, -0.25) is 14.6 Å². The Morgan fingerprint density at radius 1 is 1.06 bits per heavy atom. The van der Waals surface area contributed by atoms with E-state index in [2.05, 4.69) is 5.32 Å². The van der Waals surface area contributed by atoms with Gasteiger partial charge in [-0.25, -0.2) is 8.78 Å². The number of halogens is 3. The van der Waals surface area contributed by atoms with Crippen molar-refractivity contribution >= 4 is 46.4 Å². The molecule has 0 spiro atoms. The zero-order valence-corrected chi connectivity index (χ0v) is 21.1. The molecule has 1 aliphatic heterocycles. The molecular weight excluding hydrogens is 522 g/mol. The first-order valence-corrected chi connectivity index (χ1v) is 13.2. The van der Waals surface area contributed by atoms with E-state index in [1.807, 2.05) is 16.8 Å². The third kappa shape index (κ3) is 4.81. The van der Waals surface area contributed by atoms with Crippen molar-refractivity contribution in [1.82, 2.24) is 10.3 Å². The first kappa shape index (κ1) is 24.6. The zero-order valence-electron chi connectivity index (χ0n) is 18.7. The predicted molar refractivity (Wildman–Crippen MR) is 137 cm³/mol. The van der Waals surface area contributed by atoms with Crippen LogP contribution in [0.15, 0.2) is 82.4 Å². The van der Waals surface area contributed by atoms with E-state index >= 15 is 0 Å². The number of piperidine rings is 1. The third-order valence-electron chi connectivity index (χ3n) is 6.02. The summed E-state index contributed by atoms with van der Waals surface area (Å²) in [6.07, 6.45) is 0.275. The fourth-order valence-corrected chi connectivity index (χ4v) is 6.24. The van der Waals surface area contributed by atoms with Crippen molar-refractivity contribution in [2.45, 2.75) is 28.5 Å². The minimum absolute atomic E-state index is 0.0131. The quantitative estimate of drug-likeness (QED) is 0.298. The summed E-state index contributed by atoms with van der Waals surface area (Å²) in [5.41, 5.74) is 1.28. The summed E-state index contributed by atoms with van der Waals surface area (Å²) in [7, 11) is 0.